The average Bonchev–Trinajstić information content (AvgIpc) is 2.85. The summed E-state index contributed by atoms with van der Waals surface area (Å²) in [5, 5.41) is 10.5. The van der Waals surface area contributed by atoms with E-state index in [9.17, 15) is 84.2 Å². The molecule has 2 N–H and O–H groups in total. The van der Waals surface area contributed by atoms with Crippen molar-refractivity contribution in [2.24, 2.45) is 0 Å². The van der Waals surface area contributed by atoms with E-state index in [1.807, 2.05) is 5.32 Å². The molecule has 22 heteroatoms. The molecule has 0 aliphatic carbocycles. The molecular formula is C21H16F17NO4. The van der Waals surface area contributed by atoms with Gasteiger partial charge in [-0.15, -0.1) is 0 Å². The van der Waals surface area contributed by atoms with Crippen molar-refractivity contribution in [3.8, 4) is 0 Å². The van der Waals surface area contributed by atoms with Gasteiger partial charge in [-0.2, -0.15) is 74.6 Å². The van der Waals surface area contributed by atoms with Crippen LogP contribution in [0.5, 0.6) is 0 Å². The van der Waals surface area contributed by atoms with Crippen LogP contribution in [0.3, 0.4) is 0 Å². The fraction of sp³-hybridized carbons (Fsp3) is 0.619. The quantitative estimate of drug-likeness (QED) is 0.216. The van der Waals surface area contributed by atoms with Crippen LogP contribution in [0.4, 0.5) is 79.4 Å². The number of amides is 1. The molecule has 0 bridgehead atoms. The monoisotopic (exact) mass is 669 g/mol. The van der Waals surface area contributed by atoms with Crippen LogP contribution in [0.15, 0.2) is 24.3 Å². The van der Waals surface area contributed by atoms with E-state index < -0.39 is 90.8 Å². The van der Waals surface area contributed by atoms with E-state index in [2.05, 4.69) is 4.74 Å². The van der Waals surface area contributed by atoms with Crippen LogP contribution in [0.2, 0.25) is 0 Å². The van der Waals surface area contributed by atoms with Gasteiger partial charge in [-0.1, -0.05) is 24.3 Å². The van der Waals surface area contributed by atoms with Gasteiger partial charge in [0.15, 0.2) is 0 Å². The maximum atomic E-state index is 14.0. The Hall–Kier alpha value is -3.23. The van der Waals surface area contributed by atoms with Gasteiger partial charge in [-0.05, 0) is 24.5 Å². The summed E-state index contributed by atoms with van der Waals surface area (Å²) in [6.07, 6.45) is -13.1. The number of rotatable bonds is 13. The summed E-state index contributed by atoms with van der Waals surface area (Å²) < 4.78 is 231. The van der Waals surface area contributed by atoms with Crippen LogP contribution in [-0.4, -0.2) is 70.8 Å². The van der Waals surface area contributed by atoms with E-state index >= 15 is 0 Å². The number of benzene rings is 1. The summed E-state index contributed by atoms with van der Waals surface area (Å²) in [6.45, 7) is 0.447. The molecule has 0 aromatic heterocycles. The van der Waals surface area contributed by atoms with E-state index in [1.165, 1.54) is 0 Å². The van der Waals surface area contributed by atoms with Gasteiger partial charge in [-0.3, -0.25) is 4.79 Å². The Morgan fingerprint density at radius 3 is 1.44 bits per heavy atom. The lowest BCUT2D eigenvalue weighted by molar-refractivity contribution is -0.461. The van der Waals surface area contributed by atoms with Crippen molar-refractivity contribution in [3.05, 3.63) is 35.4 Å². The number of alkyl carbamates (subject to hydrolysis) is 1. The Bertz CT molecular complexity index is 1150. The maximum Gasteiger partial charge on any atom is 0.460 e. The van der Waals surface area contributed by atoms with Crippen molar-refractivity contribution in [2.45, 2.75) is 80.0 Å². The molecular weight excluding hydrogens is 653 g/mol. The molecule has 0 spiro atoms. The minimum absolute atomic E-state index is 0.0176. The Balaban J connectivity index is 3.15. The lowest BCUT2D eigenvalue weighted by Gasteiger charge is -2.42. The summed E-state index contributed by atoms with van der Waals surface area (Å²) >= 11 is 0. The van der Waals surface area contributed by atoms with E-state index in [1.54, 1.807) is 0 Å². The maximum absolute atomic E-state index is 14.0. The molecule has 1 rings (SSSR count). The van der Waals surface area contributed by atoms with E-state index in [0.717, 1.165) is 31.2 Å². The van der Waals surface area contributed by atoms with Gasteiger partial charge in [0.25, 0.3) is 0 Å². The fourth-order valence-corrected chi connectivity index (χ4v) is 2.89. The van der Waals surface area contributed by atoms with Crippen LogP contribution in [0.1, 0.15) is 24.5 Å². The minimum atomic E-state index is -8.68. The molecule has 1 amide bonds. The predicted molar refractivity (Wildman–Crippen MR) is 106 cm³/mol. The number of ether oxygens (including phenoxy) is 1. The zero-order valence-electron chi connectivity index (χ0n) is 20.6. The first-order valence-electron chi connectivity index (χ1n) is 10.9. The highest BCUT2D eigenvalue weighted by atomic mass is 19.4. The number of aliphatic carboxylic acids is 1. The van der Waals surface area contributed by atoms with Crippen molar-refractivity contribution in [1.29, 1.82) is 0 Å². The molecule has 1 aromatic carbocycles. The number of nitrogens with one attached hydrogen (secondary N) is 1. The number of alkyl halides is 17. The topological polar surface area (TPSA) is 75.6 Å². The van der Waals surface area contributed by atoms with Gasteiger partial charge >= 0.3 is 59.7 Å². The first-order valence-corrected chi connectivity index (χ1v) is 10.9. The smallest absolute Gasteiger partial charge is 0.460 e. The Morgan fingerprint density at radius 2 is 1.05 bits per heavy atom. The number of aryl methyl sites for hydroxylation is 1. The Morgan fingerprint density at radius 1 is 0.674 bits per heavy atom. The highest BCUT2D eigenvalue weighted by Gasteiger charge is 2.95. The molecule has 0 saturated carbocycles. The van der Waals surface area contributed by atoms with Gasteiger partial charge in [0, 0.05) is 6.42 Å². The first kappa shape index (κ1) is 37.8. The van der Waals surface area contributed by atoms with E-state index in [-0.39, 0.29) is 5.56 Å². The van der Waals surface area contributed by atoms with Gasteiger partial charge < -0.3 is 15.2 Å². The number of hydrogen-bond acceptors (Lipinski definition) is 3. The van der Waals surface area contributed by atoms with Crippen molar-refractivity contribution in [1.82, 2.24) is 5.32 Å². The molecule has 43 heavy (non-hydrogen) atoms. The SMILES string of the molecule is C[C@H](NC(=O)OCc1ccc(CCC(F)(F)C(F)(F)C(F)(F)C(F)(F)C(F)(F)C(F)(F)C(F)(F)C(F)(F)F)cc1)C(=O)O. The highest BCUT2D eigenvalue weighted by Crippen LogP contribution is 2.64. The van der Waals surface area contributed by atoms with Crippen LogP contribution < -0.4 is 5.32 Å². The molecule has 0 fully saturated rings. The molecule has 5 nitrogen and oxygen atoms in total. The zero-order valence-corrected chi connectivity index (χ0v) is 20.6. The summed E-state index contributed by atoms with van der Waals surface area (Å²) in [5.74, 6) is -58.1. The number of carboxylic acids is 1. The Labute approximate surface area is 228 Å². The molecule has 0 saturated heterocycles. The normalized spacial score (nSPS) is 15.2. The number of carboxylic acid groups (broad SMARTS) is 1. The number of hydrogen-bond donors (Lipinski definition) is 2. The standard InChI is InChI=1S/C21H16F17NO4/c1-9(12(40)41)39-13(42)43-8-11-4-2-10(3-5-11)6-7-14(22,23)15(24,25)16(26,27)17(28,29)18(30,31)19(32,33)20(34,35)21(36,37)38/h2-5,9H,6-8H2,1H3,(H,39,42)(H,40,41)/t9-/m0/s1. The third-order valence-electron chi connectivity index (χ3n) is 5.61. The molecule has 0 radical (unpaired) electrons. The van der Waals surface area contributed by atoms with Gasteiger partial charge in [0.1, 0.15) is 12.6 Å². The largest absolute Gasteiger partial charge is 0.480 e. The lowest BCUT2D eigenvalue weighted by Crippen LogP contribution is -2.74. The third-order valence-corrected chi connectivity index (χ3v) is 5.61. The second-order valence-corrected chi connectivity index (χ2v) is 8.75. The van der Waals surface area contributed by atoms with Crippen LogP contribution in [0, 0.1) is 0 Å². The minimum Gasteiger partial charge on any atom is -0.480 e. The third kappa shape index (κ3) is 6.65. The number of carbonyl (C=O) groups is 2. The summed E-state index contributed by atoms with van der Waals surface area (Å²) in [7, 11) is 0. The van der Waals surface area contributed by atoms with Crippen LogP contribution in [-0.2, 0) is 22.6 Å². The van der Waals surface area contributed by atoms with Gasteiger partial charge in [-0.25, -0.2) is 4.79 Å². The molecule has 1 aromatic rings. The van der Waals surface area contributed by atoms with Crippen molar-refractivity contribution < 1.29 is 94.1 Å². The molecule has 0 aliphatic heterocycles. The summed E-state index contributed by atoms with van der Waals surface area (Å²) in [5.41, 5.74) is -0.469. The number of halogens is 17. The van der Waals surface area contributed by atoms with Crippen LogP contribution >= 0.6 is 0 Å². The average molecular weight is 669 g/mol. The van der Waals surface area contributed by atoms with Gasteiger partial charge in [0.2, 0.25) is 0 Å². The molecule has 0 heterocycles. The zero-order chi connectivity index (χ0) is 34.3. The van der Waals surface area contributed by atoms with E-state index in [4.69, 9.17) is 5.11 Å². The predicted octanol–water partition coefficient (Wildman–Crippen LogP) is 7.33. The lowest BCUT2D eigenvalue weighted by atomic mass is 9.87. The fourth-order valence-electron chi connectivity index (χ4n) is 2.89. The van der Waals surface area contributed by atoms with Gasteiger partial charge in [0.05, 0.1) is 0 Å². The summed E-state index contributed by atoms with van der Waals surface area (Å²) in [6, 6.07) is 2.05. The van der Waals surface area contributed by atoms with Crippen LogP contribution in [0.25, 0.3) is 0 Å². The molecule has 1 atom stereocenters. The summed E-state index contributed by atoms with van der Waals surface area (Å²) in [4.78, 5) is 22.0. The van der Waals surface area contributed by atoms with Crippen molar-refractivity contribution in [3.63, 3.8) is 0 Å². The Kier molecular flexibility index (Phi) is 10.3. The second kappa shape index (κ2) is 11.7. The molecule has 0 unspecified atom stereocenters. The molecule has 0 aliphatic rings. The number of carbonyl (C=O) groups excluding carboxylic acids is 1. The van der Waals surface area contributed by atoms with Crippen molar-refractivity contribution >= 4 is 12.1 Å². The first-order chi connectivity index (χ1) is 18.9. The van der Waals surface area contributed by atoms with Crippen molar-refractivity contribution in [2.75, 3.05) is 0 Å². The highest BCUT2D eigenvalue weighted by molar-refractivity contribution is 5.79. The van der Waals surface area contributed by atoms with E-state index in [0.29, 0.717) is 0 Å². The molecule has 248 valence electrons. The second-order valence-electron chi connectivity index (χ2n) is 8.75.